The summed E-state index contributed by atoms with van der Waals surface area (Å²) in [4.78, 5) is 40.5. The zero-order valence-electron chi connectivity index (χ0n) is 16.1. The van der Waals surface area contributed by atoms with Crippen molar-refractivity contribution in [2.24, 2.45) is 0 Å². The van der Waals surface area contributed by atoms with Crippen molar-refractivity contribution in [2.75, 3.05) is 4.90 Å². The topological polar surface area (TPSA) is 81.0 Å². The molecule has 0 bridgehead atoms. The molecule has 0 aliphatic carbocycles. The highest BCUT2D eigenvalue weighted by atomic mass is 32.1. The van der Waals surface area contributed by atoms with Crippen LogP contribution in [-0.2, 0) is 17.9 Å². The summed E-state index contributed by atoms with van der Waals surface area (Å²) in [6, 6.07) is 13.3. The number of aromatic nitrogens is 4. The number of nitrogens with zero attached hydrogens (tertiary/aromatic N) is 5. The van der Waals surface area contributed by atoms with Gasteiger partial charge in [-0.15, -0.1) is 0 Å². The van der Waals surface area contributed by atoms with E-state index in [2.05, 4.69) is 15.0 Å². The quantitative estimate of drug-likeness (QED) is 0.510. The van der Waals surface area contributed by atoms with E-state index in [-0.39, 0.29) is 24.6 Å². The van der Waals surface area contributed by atoms with Gasteiger partial charge >= 0.3 is 0 Å². The van der Waals surface area contributed by atoms with Crippen molar-refractivity contribution in [3.63, 3.8) is 0 Å². The van der Waals surface area contributed by atoms with Gasteiger partial charge in [0.25, 0.3) is 5.56 Å². The van der Waals surface area contributed by atoms with Crippen molar-refractivity contribution < 1.29 is 4.79 Å². The Morgan fingerprint density at radius 3 is 2.66 bits per heavy atom. The van der Waals surface area contributed by atoms with Gasteiger partial charge in [0.1, 0.15) is 6.54 Å². The molecular formula is C21H19N5O2S. The van der Waals surface area contributed by atoms with Crippen LogP contribution in [0.2, 0.25) is 0 Å². The molecule has 29 heavy (non-hydrogen) atoms. The van der Waals surface area contributed by atoms with E-state index in [9.17, 15) is 9.59 Å². The number of hydrogen-bond acceptors (Lipinski definition) is 6. The van der Waals surface area contributed by atoms with Crippen LogP contribution < -0.4 is 10.5 Å². The van der Waals surface area contributed by atoms with Gasteiger partial charge < -0.3 is 0 Å². The molecule has 0 aliphatic rings. The minimum atomic E-state index is -0.248. The van der Waals surface area contributed by atoms with E-state index in [0.29, 0.717) is 16.4 Å². The molecule has 3 aromatic heterocycles. The lowest BCUT2D eigenvalue weighted by Gasteiger charge is -2.20. The highest BCUT2D eigenvalue weighted by molar-refractivity contribution is 7.22. The predicted molar refractivity (Wildman–Crippen MR) is 113 cm³/mol. The normalized spacial score (nSPS) is 11.0. The van der Waals surface area contributed by atoms with E-state index in [1.807, 2.05) is 42.5 Å². The third-order valence-corrected chi connectivity index (χ3v) is 5.74. The summed E-state index contributed by atoms with van der Waals surface area (Å²) in [6.07, 6.45) is 3.11. The number of para-hydroxylation sites is 1. The molecule has 0 atom stereocenters. The van der Waals surface area contributed by atoms with Crippen molar-refractivity contribution in [1.29, 1.82) is 0 Å². The number of fused-ring (bicyclic) bond motifs is 1. The Hall–Kier alpha value is -3.39. The van der Waals surface area contributed by atoms with E-state index in [1.165, 1.54) is 22.2 Å². The Morgan fingerprint density at radius 1 is 1.10 bits per heavy atom. The molecule has 0 radical (unpaired) electrons. The molecule has 8 heteroatoms. The summed E-state index contributed by atoms with van der Waals surface area (Å²) in [5.41, 5.74) is 2.56. The molecule has 1 amide bonds. The molecular weight excluding hydrogens is 386 g/mol. The summed E-state index contributed by atoms with van der Waals surface area (Å²) in [5, 5.41) is 0.576. The summed E-state index contributed by atoms with van der Waals surface area (Å²) in [5.74, 6) is -0.248. The largest absolute Gasteiger partial charge is 0.289 e. The SMILES string of the molecule is Cc1ncn(CC(=O)N(Cc2ccccn2)c2nc3ccccc3s2)c(=O)c1C. The number of carbonyl (C=O) groups is 1. The van der Waals surface area contributed by atoms with Crippen LogP contribution in [0.4, 0.5) is 5.13 Å². The van der Waals surface area contributed by atoms with Gasteiger partial charge in [-0.2, -0.15) is 0 Å². The highest BCUT2D eigenvalue weighted by Crippen LogP contribution is 2.29. The molecule has 0 unspecified atom stereocenters. The molecule has 1 aromatic carbocycles. The van der Waals surface area contributed by atoms with Gasteiger partial charge in [0.2, 0.25) is 5.91 Å². The van der Waals surface area contributed by atoms with E-state index in [4.69, 9.17) is 0 Å². The highest BCUT2D eigenvalue weighted by Gasteiger charge is 2.22. The third kappa shape index (κ3) is 3.93. The van der Waals surface area contributed by atoms with E-state index >= 15 is 0 Å². The van der Waals surface area contributed by atoms with Gasteiger partial charge in [0.05, 0.1) is 28.8 Å². The van der Waals surface area contributed by atoms with Gasteiger partial charge in [0.15, 0.2) is 5.13 Å². The lowest BCUT2D eigenvalue weighted by molar-refractivity contribution is -0.119. The summed E-state index contributed by atoms with van der Waals surface area (Å²) in [6.45, 7) is 3.64. The minimum Gasteiger partial charge on any atom is -0.289 e. The van der Waals surface area contributed by atoms with Crippen molar-refractivity contribution in [3.05, 3.63) is 82.3 Å². The third-order valence-electron chi connectivity index (χ3n) is 4.68. The second-order valence-electron chi connectivity index (χ2n) is 6.65. The molecule has 4 rings (SSSR count). The van der Waals surface area contributed by atoms with Crippen molar-refractivity contribution >= 4 is 32.6 Å². The Balaban J connectivity index is 1.70. The van der Waals surface area contributed by atoms with Crippen molar-refractivity contribution in [2.45, 2.75) is 26.9 Å². The zero-order valence-corrected chi connectivity index (χ0v) is 16.9. The summed E-state index contributed by atoms with van der Waals surface area (Å²) in [7, 11) is 0. The molecule has 0 spiro atoms. The molecule has 0 aliphatic heterocycles. The minimum absolute atomic E-state index is 0.115. The number of thiazole rings is 1. The first-order chi connectivity index (χ1) is 14.0. The molecule has 146 valence electrons. The van der Waals surface area contributed by atoms with Crippen LogP contribution >= 0.6 is 11.3 Å². The smallest absolute Gasteiger partial charge is 0.256 e. The maximum atomic E-state index is 13.2. The lowest BCUT2D eigenvalue weighted by Crippen LogP contribution is -2.37. The van der Waals surface area contributed by atoms with Gasteiger partial charge in [-0.3, -0.25) is 24.0 Å². The molecule has 3 heterocycles. The maximum Gasteiger partial charge on any atom is 0.256 e. The molecule has 0 fully saturated rings. The molecule has 0 saturated carbocycles. The van der Waals surface area contributed by atoms with Gasteiger partial charge in [-0.25, -0.2) is 9.97 Å². The van der Waals surface area contributed by atoms with Crippen LogP contribution in [-0.4, -0.2) is 25.4 Å². The Labute approximate surface area is 171 Å². The van der Waals surface area contributed by atoms with Gasteiger partial charge in [-0.1, -0.05) is 29.5 Å². The fraction of sp³-hybridized carbons (Fsp3) is 0.190. The van der Waals surface area contributed by atoms with Crippen molar-refractivity contribution in [3.8, 4) is 0 Å². The number of hydrogen-bond donors (Lipinski definition) is 0. The van der Waals surface area contributed by atoms with Crippen LogP contribution in [0.15, 0.2) is 59.8 Å². The molecule has 0 N–H and O–H groups in total. The first-order valence-corrected chi connectivity index (χ1v) is 9.93. The van der Waals surface area contributed by atoms with Crippen LogP contribution in [0.1, 0.15) is 17.0 Å². The first kappa shape index (κ1) is 18.9. The van der Waals surface area contributed by atoms with Crippen LogP contribution in [0, 0.1) is 13.8 Å². The molecule has 7 nitrogen and oxygen atoms in total. The average molecular weight is 405 g/mol. The first-order valence-electron chi connectivity index (χ1n) is 9.11. The molecule has 4 aromatic rings. The van der Waals surface area contributed by atoms with Gasteiger partial charge in [0, 0.05) is 17.5 Å². The second-order valence-corrected chi connectivity index (χ2v) is 7.66. The summed E-state index contributed by atoms with van der Waals surface area (Å²) < 4.78 is 2.33. The predicted octanol–water partition coefficient (Wildman–Crippen LogP) is 3.10. The number of amides is 1. The van der Waals surface area contributed by atoms with Gasteiger partial charge in [-0.05, 0) is 38.1 Å². The number of rotatable bonds is 5. The second kappa shape index (κ2) is 7.92. The zero-order chi connectivity index (χ0) is 20.4. The summed E-state index contributed by atoms with van der Waals surface area (Å²) >= 11 is 1.44. The number of carbonyl (C=O) groups excluding carboxylic acids is 1. The van der Waals surface area contributed by atoms with E-state index in [1.54, 1.807) is 24.9 Å². The van der Waals surface area contributed by atoms with Crippen LogP contribution in [0.5, 0.6) is 0 Å². The standard InChI is InChI=1S/C21H19N5O2S/c1-14-15(2)23-13-25(20(14)28)12-19(27)26(11-16-7-5-6-10-22-16)21-24-17-8-3-4-9-18(17)29-21/h3-10,13H,11-12H2,1-2H3. The Bertz CT molecular complexity index is 1200. The van der Waals surface area contributed by atoms with E-state index in [0.717, 1.165) is 15.9 Å². The monoisotopic (exact) mass is 405 g/mol. The number of benzene rings is 1. The van der Waals surface area contributed by atoms with E-state index < -0.39 is 0 Å². The van der Waals surface area contributed by atoms with Crippen LogP contribution in [0.25, 0.3) is 10.2 Å². The Kier molecular flexibility index (Phi) is 5.18. The maximum absolute atomic E-state index is 13.2. The average Bonchev–Trinajstić information content (AvgIpc) is 3.17. The Morgan fingerprint density at radius 2 is 1.90 bits per heavy atom. The van der Waals surface area contributed by atoms with Crippen molar-refractivity contribution in [1.82, 2.24) is 19.5 Å². The number of anilines is 1. The fourth-order valence-electron chi connectivity index (χ4n) is 2.91. The van der Waals surface area contributed by atoms with Crippen LogP contribution in [0.3, 0.4) is 0 Å². The fourth-order valence-corrected chi connectivity index (χ4v) is 3.89. The lowest BCUT2D eigenvalue weighted by atomic mass is 10.3. The number of pyridine rings is 1. The number of aryl methyl sites for hydroxylation is 1. The molecule has 0 saturated heterocycles.